The standard InChI is InChI=1S/C22H19NO4/c1-26-22(25)18-6-5-9-20(14-18)27-15-16-10-12-17(13-11-16)21(24)23-19-7-3-2-4-8-19/h2-14H,15H2,1H3,(H,23,24). The number of amides is 1. The molecule has 5 nitrogen and oxygen atoms in total. The summed E-state index contributed by atoms with van der Waals surface area (Å²) in [5.41, 5.74) is 2.66. The molecule has 0 atom stereocenters. The normalized spacial score (nSPS) is 10.1. The van der Waals surface area contributed by atoms with E-state index in [9.17, 15) is 9.59 Å². The van der Waals surface area contributed by atoms with Gasteiger partial charge in [-0.2, -0.15) is 0 Å². The van der Waals surface area contributed by atoms with E-state index in [4.69, 9.17) is 9.47 Å². The number of methoxy groups -OCH3 is 1. The molecular formula is C22H19NO4. The molecule has 0 heterocycles. The summed E-state index contributed by atoms with van der Waals surface area (Å²) in [7, 11) is 1.34. The van der Waals surface area contributed by atoms with E-state index in [1.807, 2.05) is 42.5 Å². The molecule has 3 aromatic rings. The Labute approximate surface area is 157 Å². The van der Waals surface area contributed by atoms with Gasteiger partial charge in [0.2, 0.25) is 0 Å². The van der Waals surface area contributed by atoms with Crippen LogP contribution in [0.25, 0.3) is 0 Å². The topological polar surface area (TPSA) is 64.6 Å². The zero-order valence-electron chi connectivity index (χ0n) is 14.8. The molecule has 0 fully saturated rings. The highest BCUT2D eigenvalue weighted by atomic mass is 16.5. The molecule has 136 valence electrons. The largest absolute Gasteiger partial charge is 0.489 e. The molecule has 5 heteroatoms. The maximum atomic E-state index is 12.2. The first-order valence-corrected chi connectivity index (χ1v) is 8.42. The predicted molar refractivity (Wildman–Crippen MR) is 103 cm³/mol. The monoisotopic (exact) mass is 361 g/mol. The SMILES string of the molecule is COC(=O)c1cccc(OCc2ccc(C(=O)Nc3ccccc3)cc2)c1. The van der Waals surface area contributed by atoms with Gasteiger partial charge < -0.3 is 14.8 Å². The third-order valence-electron chi connectivity index (χ3n) is 3.91. The number of ether oxygens (including phenoxy) is 2. The van der Waals surface area contributed by atoms with Crippen LogP contribution in [0.15, 0.2) is 78.9 Å². The van der Waals surface area contributed by atoms with Gasteiger partial charge in [0.05, 0.1) is 12.7 Å². The number of carbonyl (C=O) groups is 2. The highest BCUT2D eigenvalue weighted by Crippen LogP contribution is 2.16. The summed E-state index contributed by atoms with van der Waals surface area (Å²) in [6.07, 6.45) is 0. The number of rotatable bonds is 6. The van der Waals surface area contributed by atoms with Gasteiger partial charge in [-0.25, -0.2) is 4.79 Å². The second-order valence-corrected chi connectivity index (χ2v) is 5.83. The molecule has 0 aliphatic heterocycles. The Morgan fingerprint density at radius 3 is 2.30 bits per heavy atom. The molecule has 3 aromatic carbocycles. The lowest BCUT2D eigenvalue weighted by Gasteiger charge is -2.09. The lowest BCUT2D eigenvalue weighted by molar-refractivity contribution is 0.0600. The average Bonchev–Trinajstić information content (AvgIpc) is 2.73. The van der Waals surface area contributed by atoms with Crippen LogP contribution in [-0.4, -0.2) is 19.0 Å². The summed E-state index contributed by atoms with van der Waals surface area (Å²) in [5.74, 6) is -0.00234. The molecule has 27 heavy (non-hydrogen) atoms. The molecule has 0 aromatic heterocycles. The van der Waals surface area contributed by atoms with Gasteiger partial charge in [0.1, 0.15) is 12.4 Å². The zero-order chi connectivity index (χ0) is 19.1. The van der Waals surface area contributed by atoms with Gasteiger partial charge >= 0.3 is 5.97 Å². The van der Waals surface area contributed by atoms with Crippen molar-refractivity contribution in [1.82, 2.24) is 0 Å². The molecule has 3 rings (SSSR count). The van der Waals surface area contributed by atoms with Crippen molar-refractivity contribution in [3.05, 3.63) is 95.6 Å². The molecule has 0 aliphatic carbocycles. The summed E-state index contributed by atoms with van der Waals surface area (Å²) >= 11 is 0. The molecule has 1 amide bonds. The van der Waals surface area contributed by atoms with Gasteiger partial charge in [-0.15, -0.1) is 0 Å². The predicted octanol–water partition coefficient (Wildman–Crippen LogP) is 4.30. The van der Waals surface area contributed by atoms with Gasteiger partial charge in [0.15, 0.2) is 0 Å². The Morgan fingerprint density at radius 1 is 0.852 bits per heavy atom. The number of esters is 1. The van der Waals surface area contributed by atoms with Gasteiger partial charge in [0, 0.05) is 11.3 Å². The fourth-order valence-corrected chi connectivity index (χ4v) is 2.47. The molecule has 0 saturated carbocycles. The first-order valence-electron chi connectivity index (χ1n) is 8.42. The number of benzene rings is 3. The van der Waals surface area contributed by atoms with Crippen LogP contribution in [0, 0.1) is 0 Å². The van der Waals surface area contributed by atoms with Crippen LogP contribution in [-0.2, 0) is 11.3 Å². The van der Waals surface area contributed by atoms with Crippen LogP contribution in [0.5, 0.6) is 5.75 Å². The average molecular weight is 361 g/mol. The summed E-state index contributed by atoms with van der Waals surface area (Å²) in [4.78, 5) is 23.8. The van der Waals surface area contributed by atoms with Crippen molar-refractivity contribution in [2.24, 2.45) is 0 Å². The summed E-state index contributed by atoms with van der Waals surface area (Å²) < 4.78 is 10.4. The molecule has 0 radical (unpaired) electrons. The Bertz CT molecular complexity index is 921. The van der Waals surface area contributed by atoms with Crippen LogP contribution >= 0.6 is 0 Å². The smallest absolute Gasteiger partial charge is 0.337 e. The first-order chi connectivity index (χ1) is 13.2. The number of para-hydroxylation sites is 1. The van der Waals surface area contributed by atoms with E-state index in [0.717, 1.165) is 11.3 Å². The Balaban J connectivity index is 1.59. The van der Waals surface area contributed by atoms with Crippen molar-refractivity contribution in [3.63, 3.8) is 0 Å². The number of hydrogen-bond donors (Lipinski definition) is 1. The summed E-state index contributed by atoms with van der Waals surface area (Å²) in [6, 6.07) is 23.3. The van der Waals surface area contributed by atoms with Crippen molar-refractivity contribution in [2.75, 3.05) is 12.4 Å². The molecule has 1 N–H and O–H groups in total. The van der Waals surface area contributed by atoms with E-state index in [-0.39, 0.29) is 5.91 Å². The van der Waals surface area contributed by atoms with Crippen LogP contribution in [0.1, 0.15) is 26.3 Å². The van der Waals surface area contributed by atoms with Crippen molar-refractivity contribution >= 4 is 17.6 Å². The van der Waals surface area contributed by atoms with Crippen molar-refractivity contribution in [1.29, 1.82) is 0 Å². The van der Waals surface area contributed by atoms with Crippen LogP contribution in [0.3, 0.4) is 0 Å². The maximum absolute atomic E-state index is 12.2. The van der Waals surface area contributed by atoms with Crippen LogP contribution in [0.4, 0.5) is 5.69 Å². The quantitative estimate of drug-likeness (QED) is 0.665. The lowest BCUT2D eigenvalue weighted by Crippen LogP contribution is -2.11. The maximum Gasteiger partial charge on any atom is 0.337 e. The Hall–Kier alpha value is -3.60. The minimum Gasteiger partial charge on any atom is -0.489 e. The third kappa shape index (κ3) is 4.95. The van der Waals surface area contributed by atoms with Gasteiger partial charge in [-0.1, -0.05) is 36.4 Å². The van der Waals surface area contributed by atoms with E-state index in [1.54, 1.807) is 36.4 Å². The van der Waals surface area contributed by atoms with Gasteiger partial charge in [-0.3, -0.25) is 4.79 Å². The van der Waals surface area contributed by atoms with Crippen molar-refractivity contribution in [2.45, 2.75) is 6.61 Å². The first kappa shape index (κ1) is 18.2. The second kappa shape index (κ2) is 8.67. The fourth-order valence-electron chi connectivity index (χ4n) is 2.47. The van der Waals surface area contributed by atoms with Crippen molar-refractivity contribution < 1.29 is 19.1 Å². The third-order valence-corrected chi connectivity index (χ3v) is 3.91. The summed E-state index contributed by atoms with van der Waals surface area (Å²) in [6.45, 7) is 0.325. The van der Waals surface area contributed by atoms with Crippen LogP contribution < -0.4 is 10.1 Å². The Morgan fingerprint density at radius 2 is 1.59 bits per heavy atom. The van der Waals surface area contributed by atoms with Gasteiger partial charge in [-0.05, 0) is 48.0 Å². The Kier molecular flexibility index (Phi) is 5.84. The number of anilines is 1. The van der Waals surface area contributed by atoms with E-state index >= 15 is 0 Å². The molecule has 0 bridgehead atoms. The second-order valence-electron chi connectivity index (χ2n) is 5.83. The highest BCUT2D eigenvalue weighted by molar-refractivity contribution is 6.04. The zero-order valence-corrected chi connectivity index (χ0v) is 14.8. The number of nitrogens with one attached hydrogen (secondary N) is 1. The highest BCUT2D eigenvalue weighted by Gasteiger charge is 2.08. The lowest BCUT2D eigenvalue weighted by atomic mass is 10.1. The molecule has 0 spiro atoms. The van der Waals surface area contributed by atoms with E-state index in [2.05, 4.69) is 5.32 Å². The van der Waals surface area contributed by atoms with Crippen LogP contribution in [0.2, 0.25) is 0 Å². The number of carbonyl (C=O) groups excluding carboxylic acids is 2. The molecular weight excluding hydrogens is 342 g/mol. The van der Waals surface area contributed by atoms with E-state index < -0.39 is 5.97 Å². The minimum absolute atomic E-state index is 0.167. The summed E-state index contributed by atoms with van der Waals surface area (Å²) in [5, 5.41) is 2.84. The van der Waals surface area contributed by atoms with E-state index in [0.29, 0.717) is 23.5 Å². The molecule has 0 aliphatic rings. The number of hydrogen-bond acceptors (Lipinski definition) is 4. The fraction of sp³-hybridized carbons (Fsp3) is 0.0909. The van der Waals surface area contributed by atoms with Gasteiger partial charge in [0.25, 0.3) is 5.91 Å². The molecule has 0 saturated heterocycles. The van der Waals surface area contributed by atoms with E-state index in [1.165, 1.54) is 7.11 Å². The minimum atomic E-state index is -0.408. The van der Waals surface area contributed by atoms with Crippen molar-refractivity contribution in [3.8, 4) is 5.75 Å². The molecule has 0 unspecified atom stereocenters.